The van der Waals surface area contributed by atoms with Crippen molar-refractivity contribution in [1.29, 1.82) is 0 Å². The van der Waals surface area contributed by atoms with Crippen molar-refractivity contribution in [2.75, 3.05) is 0 Å². The number of ketones is 1. The molecule has 2 aliphatic rings. The summed E-state index contributed by atoms with van der Waals surface area (Å²) in [4.78, 5) is 12.1. The Kier molecular flexibility index (Phi) is 14.8. The van der Waals surface area contributed by atoms with Crippen LogP contribution in [0.2, 0.25) is 0 Å². The van der Waals surface area contributed by atoms with Crippen molar-refractivity contribution in [3.8, 4) is 0 Å². The molecular formula is C38H50O. The molecule has 0 aromatic heterocycles. The van der Waals surface area contributed by atoms with Crippen LogP contribution in [-0.2, 0) is 18.3 Å². The second-order valence-corrected chi connectivity index (χ2v) is 8.94. The Morgan fingerprint density at radius 2 is 0.718 bits per heavy atom. The predicted molar refractivity (Wildman–Crippen MR) is 172 cm³/mol. The van der Waals surface area contributed by atoms with Gasteiger partial charge in [-0.25, -0.2) is 0 Å². The van der Waals surface area contributed by atoms with E-state index in [9.17, 15) is 4.79 Å². The van der Waals surface area contributed by atoms with Crippen LogP contribution in [0.25, 0.3) is 0 Å². The fourth-order valence-corrected chi connectivity index (χ4v) is 5.06. The zero-order valence-corrected chi connectivity index (χ0v) is 26.1. The normalized spacial score (nSPS) is 12.4. The first-order chi connectivity index (χ1) is 19.1. The van der Waals surface area contributed by atoms with Crippen LogP contribution in [-0.4, -0.2) is 5.78 Å². The van der Waals surface area contributed by atoms with Gasteiger partial charge in [0.25, 0.3) is 0 Å². The second-order valence-electron chi connectivity index (χ2n) is 8.94. The lowest BCUT2D eigenvalue weighted by atomic mass is 9.69. The molecule has 0 atom stereocenters. The summed E-state index contributed by atoms with van der Waals surface area (Å²) in [5, 5.41) is 0. The van der Waals surface area contributed by atoms with Gasteiger partial charge in [-0.1, -0.05) is 166 Å². The summed E-state index contributed by atoms with van der Waals surface area (Å²) in [6.07, 6.45) is 1.95. The zero-order chi connectivity index (χ0) is 29.4. The molecule has 0 fully saturated rings. The number of carbonyl (C=O) groups excluding carboxylic acids is 1. The van der Waals surface area contributed by atoms with Crippen molar-refractivity contribution >= 4 is 5.78 Å². The van der Waals surface area contributed by atoms with Gasteiger partial charge in [0.15, 0.2) is 5.78 Å². The summed E-state index contributed by atoms with van der Waals surface area (Å²) in [7, 11) is 0. The van der Waals surface area contributed by atoms with E-state index in [0.29, 0.717) is 0 Å². The van der Waals surface area contributed by atoms with E-state index in [2.05, 4.69) is 62.4 Å². The minimum Gasteiger partial charge on any atom is -0.289 e. The molecule has 2 aliphatic carbocycles. The van der Waals surface area contributed by atoms with Crippen molar-refractivity contribution in [2.45, 2.75) is 87.5 Å². The van der Waals surface area contributed by atoms with E-state index in [1.54, 1.807) is 0 Å². The Balaban J connectivity index is 0.000000312. The lowest BCUT2D eigenvalue weighted by Gasteiger charge is -2.35. The average Bonchev–Trinajstić information content (AvgIpc) is 3.02. The van der Waals surface area contributed by atoms with Crippen LogP contribution in [0.5, 0.6) is 0 Å². The summed E-state index contributed by atoms with van der Waals surface area (Å²) in [6, 6.07) is 33.3. The second kappa shape index (κ2) is 17.2. The first-order valence-electron chi connectivity index (χ1n) is 14.9. The molecule has 0 N–H and O–H groups in total. The van der Waals surface area contributed by atoms with Crippen LogP contribution in [0.15, 0.2) is 97.1 Å². The summed E-state index contributed by atoms with van der Waals surface area (Å²) < 4.78 is 0. The highest BCUT2D eigenvalue weighted by Gasteiger charge is 2.31. The molecule has 6 rings (SSSR count). The van der Waals surface area contributed by atoms with E-state index in [4.69, 9.17) is 0 Å². The maximum atomic E-state index is 12.1. The summed E-state index contributed by atoms with van der Waals surface area (Å²) in [5.41, 5.74) is 10.1. The fraction of sp³-hybridized carbons (Fsp3) is 0.342. The van der Waals surface area contributed by atoms with E-state index in [-0.39, 0.29) is 11.2 Å². The number of fused-ring (bicyclic) bond motifs is 4. The van der Waals surface area contributed by atoms with Crippen molar-refractivity contribution in [3.05, 3.63) is 142 Å². The molecule has 1 heteroatoms. The molecule has 1 nitrogen and oxygen atoms in total. The summed E-state index contributed by atoms with van der Waals surface area (Å²) >= 11 is 0. The van der Waals surface area contributed by atoms with E-state index in [0.717, 1.165) is 35.1 Å². The van der Waals surface area contributed by atoms with E-state index >= 15 is 0 Å². The van der Waals surface area contributed by atoms with Crippen LogP contribution in [0.3, 0.4) is 0 Å². The number of benzene rings is 4. The highest BCUT2D eigenvalue weighted by molar-refractivity contribution is 6.12. The van der Waals surface area contributed by atoms with Gasteiger partial charge in [0.1, 0.15) is 0 Å². The summed E-state index contributed by atoms with van der Waals surface area (Å²) in [5.74, 6) is 0.160. The van der Waals surface area contributed by atoms with Crippen LogP contribution in [0, 0.1) is 0 Å². The molecule has 4 aromatic rings. The summed E-state index contributed by atoms with van der Waals surface area (Å²) in [6.45, 7) is 20.6. The Morgan fingerprint density at radius 1 is 0.436 bits per heavy atom. The lowest BCUT2D eigenvalue weighted by molar-refractivity contribution is 0.103. The first-order valence-corrected chi connectivity index (χ1v) is 14.9. The quantitative estimate of drug-likeness (QED) is 0.198. The molecule has 0 saturated carbocycles. The molecule has 0 heterocycles. The molecule has 0 radical (unpaired) electrons. The number of carbonyl (C=O) groups is 1. The predicted octanol–water partition coefficient (Wildman–Crippen LogP) is 10.8. The molecule has 0 spiro atoms. The Morgan fingerprint density at radius 3 is 1.10 bits per heavy atom. The molecule has 0 aliphatic heterocycles. The Bertz CT molecular complexity index is 1180. The topological polar surface area (TPSA) is 17.1 Å². The SMILES string of the molecule is CC.CC.CC.CC.CC1(C)c2ccccc2Cc2ccccc21.O=C1c2ccccc2Cc2ccccc21. The average molecular weight is 523 g/mol. The van der Waals surface area contributed by atoms with Gasteiger partial charge in [0, 0.05) is 16.5 Å². The lowest BCUT2D eigenvalue weighted by Crippen LogP contribution is -2.26. The zero-order valence-electron chi connectivity index (χ0n) is 26.1. The Hall–Kier alpha value is -3.45. The van der Waals surface area contributed by atoms with Gasteiger partial charge in [-0.2, -0.15) is 0 Å². The largest absolute Gasteiger partial charge is 0.289 e. The van der Waals surface area contributed by atoms with Crippen LogP contribution in [0.4, 0.5) is 0 Å². The van der Waals surface area contributed by atoms with Crippen LogP contribution < -0.4 is 0 Å². The molecule has 39 heavy (non-hydrogen) atoms. The van der Waals surface area contributed by atoms with Crippen molar-refractivity contribution in [3.63, 3.8) is 0 Å². The van der Waals surface area contributed by atoms with Gasteiger partial charge in [-0.15, -0.1) is 0 Å². The number of rotatable bonds is 0. The maximum absolute atomic E-state index is 12.1. The van der Waals surface area contributed by atoms with Gasteiger partial charge < -0.3 is 0 Å². The molecule has 208 valence electrons. The van der Waals surface area contributed by atoms with Crippen molar-refractivity contribution < 1.29 is 4.79 Å². The van der Waals surface area contributed by atoms with Gasteiger partial charge in [-0.05, 0) is 46.2 Å². The van der Waals surface area contributed by atoms with E-state index in [1.807, 2.05) is 104 Å². The van der Waals surface area contributed by atoms with Gasteiger partial charge >= 0.3 is 0 Å². The van der Waals surface area contributed by atoms with Gasteiger partial charge in [0.05, 0.1) is 0 Å². The van der Waals surface area contributed by atoms with Crippen molar-refractivity contribution in [2.24, 2.45) is 0 Å². The monoisotopic (exact) mass is 522 g/mol. The van der Waals surface area contributed by atoms with Gasteiger partial charge in [0.2, 0.25) is 0 Å². The molecule has 0 amide bonds. The third-order valence-corrected chi connectivity index (χ3v) is 6.67. The smallest absolute Gasteiger partial charge is 0.193 e. The molecule has 0 saturated heterocycles. The third kappa shape index (κ3) is 7.79. The fourth-order valence-electron chi connectivity index (χ4n) is 5.06. The van der Waals surface area contributed by atoms with Crippen molar-refractivity contribution in [1.82, 2.24) is 0 Å². The van der Waals surface area contributed by atoms with Gasteiger partial charge in [-0.3, -0.25) is 4.79 Å². The first kappa shape index (κ1) is 33.6. The highest BCUT2D eigenvalue weighted by Crippen LogP contribution is 2.40. The Labute approximate surface area is 239 Å². The highest BCUT2D eigenvalue weighted by atomic mass is 16.1. The standard InChI is InChI=1S/C16H16.C14H10O.4C2H6/c1-16(2)14-9-5-3-7-12(14)11-13-8-4-6-10-15(13)16;15-14-12-7-3-1-5-10(12)9-11-6-2-4-8-13(11)14;4*1-2/h3-10H,11H2,1-2H3;1-8H,9H2;4*1-2H3. The maximum Gasteiger partial charge on any atom is 0.193 e. The minimum absolute atomic E-state index is 0.144. The molecule has 0 bridgehead atoms. The molecular weight excluding hydrogens is 472 g/mol. The number of hydrogen-bond acceptors (Lipinski definition) is 1. The van der Waals surface area contributed by atoms with Crippen LogP contribution >= 0.6 is 0 Å². The minimum atomic E-state index is 0.144. The van der Waals surface area contributed by atoms with E-state index < -0.39 is 0 Å². The number of hydrogen-bond donors (Lipinski definition) is 0. The molecule has 0 unspecified atom stereocenters. The molecule has 4 aromatic carbocycles. The van der Waals surface area contributed by atoms with Crippen LogP contribution in [0.1, 0.15) is 119 Å². The third-order valence-electron chi connectivity index (χ3n) is 6.67. The van der Waals surface area contributed by atoms with E-state index in [1.165, 1.54) is 22.3 Å².